The second kappa shape index (κ2) is 5.16. The number of benzene rings is 2. The average Bonchev–Trinajstić information content (AvgIpc) is 2.37. The summed E-state index contributed by atoms with van der Waals surface area (Å²) in [6, 6.07) is 16.7. The minimum absolute atomic E-state index is 0.402. The normalized spacial score (nSPS) is 12.4. The van der Waals surface area contributed by atoms with Crippen LogP contribution in [0.25, 0.3) is 11.1 Å². The van der Waals surface area contributed by atoms with Gasteiger partial charge in [0, 0.05) is 0 Å². The predicted octanol–water partition coefficient (Wildman–Crippen LogP) is 4.16. The molecule has 2 rings (SSSR count). The molecule has 2 aromatic carbocycles. The minimum Gasteiger partial charge on any atom is -0.0639 e. The molecule has 0 fully saturated rings. The second-order valence-electron chi connectivity index (χ2n) is 6.57. The molecule has 0 heterocycles. The minimum atomic E-state index is -0.420. The van der Waals surface area contributed by atoms with Crippen molar-refractivity contribution in [1.82, 2.24) is 0 Å². The van der Waals surface area contributed by atoms with Crippen LogP contribution >= 0.6 is 0 Å². The molecule has 2 heteroatoms. The molecule has 0 N–H and O–H groups in total. The Bertz CT molecular complexity index is 587. The van der Waals surface area contributed by atoms with Gasteiger partial charge in [0.25, 0.3) is 0 Å². The van der Waals surface area contributed by atoms with Gasteiger partial charge in [-0.2, -0.15) is 0 Å². The topological polar surface area (TPSA) is 0 Å². The van der Waals surface area contributed by atoms with Crippen LogP contribution in [0, 0.1) is 0 Å². The van der Waals surface area contributed by atoms with Gasteiger partial charge in [-0.3, -0.25) is 0 Å². The lowest BCUT2D eigenvalue weighted by molar-refractivity contribution is 0.692. The molecule has 0 bridgehead atoms. The number of hydrogen-bond acceptors (Lipinski definition) is 0. The molecule has 98 valence electrons. The van der Waals surface area contributed by atoms with E-state index in [2.05, 4.69) is 30.3 Å². The van der Waals surface area contributed by atoms with E-state index in [4.69, 9.17) is 15.7 Å². The van der Waals surface area contributed by atoms with E-state index in [1.165, 1.54) is 11.1 Å². The van der Waals surface area contributed by atoms with Crippen LogP contribution in [0.2, 0.25) is 0 Å². The molecular formula is C18H20B2. The van der Waals surface area contributed by atoms with Gasteiger partial charge < -0.3 is 0 Å². The molecule has 0 spiro atoms. The summed E-state index contributed by atoms with van der Waals surface area (Å²) in [5.41, 5.74) is 4.57. The lowest BCUT2D eigenvalue weighted by atomic mass is 9.58. The number of hydrogen-bond donors (Lipinski definition) is 0. The van der Waals surface area contributed by atoms with Gasteiger partial charge >= 0.3 is 0 Å². The van der Waals surface area contributed by atoms with Crippen molar-refractivity contribution >= 4 is 15.7 Å². The van der Waals surface area contributed by atoms with Crippen molar-refractivity contribution in [2.75, 3.05) is 0 Å². The van der Waals surface area contributed by atoms with Gasteiger partial charge in [0.05, 0.1) is 15.7 Å². The van der Waals surface area contributed by atoms with Crippen molar-refractivity contribution in [2.45, 2.75) is 38.3 Å². The molecule has 0 amide bonds. The lowest BCUT2D eigenvalue weighted by Gasteiger charge is -2.31. The van der Waals surface area contributed by atoms with Crippen LogP contribution < -0.4 is 0 Å². The van der Waals surface area contributed by atoms with E-state index in [0.717, 1.165) is 11.1 Å². The van der Waals surface area contributed by atoms with Gasteiger partial charge in [-0.15, -0.1) is 0 Å². The summed E-state index contributed by atoms with van der Waals surface area (Å²) in [6.07, 6.45) is 0. The van der Waals surface area contributed by atoms with E-state index >= 15 is 0 Å². The maximum absolute atomic E-state index is 6.35. The Morgan fingerprint density at radius 2 is 1.20 bits per heavy atom. The predicted molar refractivity (Wildman–Crippen MR) is 89.4 cm³/mol. The maximum Gasteiger partial charge on any atom is 0.0803 e. The highest BCUT2D eigenvalue weighted by Crippen LogP contribution is 2.34. The highest BCUT2D eigenvalue weighted by Gasteiger charge is 2.24. The fourth-order valence-electron chi connectivity index (χ4n) is 2.45. The third-order valence-electron chi connectivity index (χ3n) is 3.52. The largest absolute Gasteiger partial charge is 0.0803 e. The molecule has 0 aliphatic rings. The Balaban J connectivity index is 2.62. The van der Waals surface area contributed by atoms with Gasteiger partial charge in [0.15, 0.2) is 0 Å². The Morgan fingerprint density at radius 3 is 1.70 bits per heavy atom. The van der Waals surface area contributed by atoms with E-state index in [-0.39, 0.29) is 0 Å². The molecule has 0 saturated carbocycles. The van der Waals surface area contributed by atoms with Crippen LogP contribution in [0.4, 0.5) is 0 Å². The van der Waals surface area contributed by atoms with Gasteiger partial charge in [-0.25, -0.2) is 0 Å². The van der Waals surface area contributed by atoms with Crippen LogP contribution in [0.15, 0.2) is 48.5 Å². The van der Waals surface area contributed by atoms with Gasteiger partial charge in [-0.05, 0) is 32.9 Å². The molecule has 0 unspecified atom stereocenters. The highest BCUT2D eigenvalue weighted by atomic mass is 14.2. The molecule has 0 saturated heterocycles. The van der Waals surface area contributed by atoms with Crippen molar-refractivity contribution in [1.29, 1.82) is 0 Å². The monoisotopic (exact) mass is 258 g/mol. The fourth-order valence-corrected chi connectivity index (χ4v) is 2.45. The van der Waals surface area contributed by atoms with Gasteiger partial charge in [-0.1, -0.05) is 76.2 Å². The molecule has 0 atom stereocenters. The van der Waals surface area contributed by atoms with Crippen molar-refractivity contribution < 1.29 is 0 Å². The zero-order chi connectivity index (χ0) is 15.0. The summed E-state index contributed by atoms with van der Waals surface area (Å²) >= 11 is 0. The Hall–Kier alpha value is -1.43. The number of rotatable bonds is 3. The first-order valence-electron chi connectivity index (χ1n) is 6.98. The van der Waals surface area contributed by atoms with Crippen molar-refractivity contribution in [3.8, 4) is 11.1 Å². The molecular weight excluding hydrogens is 238 g/mol. The summed E-state index contributed by atoms with van der Waals surface area (Å²) in [7, 11) is 12.6. The van der Waals surface area contributed by atoms with E-state index in [9.17, 15) is 0 Å². The average molecular weight is 258 g/mol. The fraction of sp³-hybridized carbons (Fsp3) is 0.333. The van der Waals surface area contributed by atoms with Crippen LogP contribution in [0.1, 0.15) is 38.8 Å². The Labute approximate surface area is 125 Å². The second-order valence-corrected chi connectivity index (χ2v) is 6.57. The molecule has 2 aromatic rings. The van der Waals surface area contributed by atoms with Crippen molar-refractivity contribution in [3.05, 3.63) is 59.7 Å². The summed E-state index contributed by atoms with van der Waals surface area (Å²) in [5, 5.41) is -0.821. The Morgan fingerprint density at radius 1 is 0.650 bits per heavy atom. The van der Waals surface area contributed by atoms with E-state index in [1.807, 2.05) is 45.9 Å². The summed E-state index contributed by atoms with van der Waals surface area (Å²) in [4.78, 5) is 0. The molecule has 0 aliphatic heterocycles. The standard InChI is InChI=1S/C18H20B2/c1-17(2,19)15-11-10-14(12-16(15)18(3,4)20)13-8-6-5-7-9-13/h5-12H,1-4H3. The van der Waals surface area contributed by atoms with Crippen molar-refractivity contribution in [3.63, 3.8) is 0 Å². The highest BCUT2D eigenvalue weighted by molar-refractivity contribution is 6.17. The summed E-state index contributed by atoms with van der Waals surface area (Å²) in [6.45, 7) is 8.07. The van der Waals surface area contributed by atoms with E-state index in [1.54, 1.807) is 0 Å². The van der Waals surface area contributed by atoms with Crippen molar-refractivity contribution in [2.24, 2.45) is 0 Å². The third kappa shape index (κ3) is 3.17. The van der Waals surface area contributed by atoms with Gasteiger partial charge in [0.2, 0.25) is 0 Å². The van der Waals surface area contributed by atoms with Crippen LogP contribution in [0.3, 0.4) is 0 Å². The first-order chi connectivity index (χ1) is 9.19. The van der Waals surface area contributed by atoms with Crippen LogP contribution in [0.5, 0.6) is 0 Å². The first kappa shape index (κ1) is 15.0. The third-order valence-corrected chi connectivity index (χ3v) is 3.52. The molecule has 4 radical (unpaired) electrons. The zero-order valence-corrected chi connectivity index (χ0v) is 12.8. The molecule has 0 nitrogen and oxygen atoms in total. The SMILES string of the molecule is [B]C(C)(C)c1ccc(-c2ccccc2)cc1C([B])(C)C. The molecule has 0 aliphatic carbocycles. The zero-order valence-electron chi connectivity index (χ0n) is 12.8. The van der Waals surface area contributed by atoms with Gasteiger partial charge in [0.1, 0.15) is 0 Å². The van der Waals surface area contributed by atoms with Crippen LogP contribution in [-0.4, -0.2) is 15.7 Å². The summed E-state index contributed by atoms with van der Waals surface area (Å²) in [5.74, 6) is 0. The first-order valence-corrected chi connectivity index (χ1v) is 6.98. The molecule has 20 heavy (non-hydrogen) atoms. The Kier molecular flexibility index (Phi) is 3.86. The van der Waals surface area contributed by atoms with E-state index < -0.39 is 10.6 Å². The quantitative estimate of drug-likeness (QED) is 0.725. The molecule has 0 aromatic heterocycles. The summed E-state index contributed by atoms with van der Waals surface area (Å²) < 4.78 is 0. The van der Waals surface area contributed by atoms with E-state index in [0.29, 0.717) is 0 Å². The maximum atomic E-state index is 6.35. The smallest absolute Gasteiger partial charge is 0.0639 e. The lowest BCUT2D eigenvalue weighted by Crippen LogP contribution is -2.26. The van der Waals surface area contributed by atoms with Crippen LogP contribution in [-0.2, 0) is 10.6 Å².